The maximum absolute atomic E-state index is 5.21. The topological polar surface area (TPSA) is 37.4 Å². The summed E-state index contributed by atoms with van der Waals surface area (Å²) in [6.07, 6.45) is 1.96. The number of aromatic nitrogens is 1. The van der Waals surface area contributed by atoms with Gasteiger partial charge in [0.05, 0.1) is 12.6 Å². The van der Waals surface area contributed by atoms with Crippen LogP contribution in [0.15, 0.2) is 6.20 Å². The minimum absolute atomic E-state index is 0.355. The van der Waals surface area contributed by atoms with Gasteiger partial charge in [0.2, 0.25) is 0 Å². The molecule has 5 heteroatoms. The number of hydrogen-bond donors (Lipinski definition) is 1. The van der Waals surface area contributed by atoms with Gasteiger partial charge in [0.15, 0.2) is 5.13 Å². The smallest absolute Gasteiger partial charge is 0.185 e. The Morgan fingerprint density at radius 2 is 2.24 bits per heavy atom. The SMILES string of the molecule is CCN(c1ncc(C(C)NC)s1)C(C)COC. The molecule has 17 heavy (non-hydrogen) atoms. The largest absolute Gasteiger partial charge is 0.383 e. The summed E-state index contributed by atoms with van der Waals surface area (Å²) in [5.74, 6) is 0. The Bertz CT molecular complexity index is 329. The Hall–Kier alpha value is -0.650. The molecule has 0 fully saturated rings. The molecule has 1 aromatic heterocycles. The summed E-state index contributed by atoms with van der Waals surface area (Å²) in [5.41, 5.74) is 0. The van der Waals surface area contributed by atoms with E-state index in [1.54, 1.807) is 18.4 Å². The number of anilines is 1. The van der Waals surface area contributed by atoms with Gasteiger partial charge in [-0.3, -0.25) is 0 Å². The highest BCUT2D eigenvalue weighted by atomic mass is 32.1. The van der Waals surface area contributed by atoms with Crippen LogP contribution >= 0.6 is 11.3 Å². The minimum atomic E-state index is 0.355. The van der Waals surface area contributed by atoms with Crippen LogP contribution in [-0.2, 0) is 4.74 Å². The zero-order valence-corrected chi connectivity index (χ0v) is 12.2. The quantitative estimate of drug-likeness (QED) is 0.813. The van der Waals surface area contributed by atoms with E-state index in [2.05, 4.69) is 36.0 Å². The third-order valence-electron chi connectivity index (χ3n) is 2.90. The number of nitrogens with one attached hydrogen (secondary N) is 1. The first-order valence-electron chi connectivity index (χ1n) is 6.02. The van der Waals surface area contributed by atoms with Crippen LogP contribution in [0, 0.1) is 0 Å². The molecule has 0 aliphatic heterocycles. The van der Waals surface area contributed by atoms with Crippen molar-refractivity contribution in [3.63, 3.8) is 0 Å². The van der Waals surface area contributed by atoms with Gasteiger partial charge in [0.25, 0.3) is 0 Å². The third kappa shape index (κ3) is 3.66. The van der Waals surface area contributed by atoms with Crippen molar-refractivity contribution in [2.75, 3.05) is 32.2 Å². The van der Waals surface area contributed by atoms with Crippen molar-refractivity contribution < 1.29 is 4.74 Å². The van der Waals surface area contributed by atoms with E-state index in [1.807, 2.05) is 13.2 Å². The Kier molecular flexibility index (Phi) is 5.88. The van der Waals surface area contributed by atoms with Crippen molar-refractivity contribution in [1.29, 1.82) is 0 Å². The van der Waals surface area contributed by atoms with Crippen molar-refractivity contribution in [3.8, 4) is 0 Å². The number of likely N-dealkylation sites (N-methyl/N-ethyl adjacent to an activating group) is 1. The monoisotopic (exact) mass is 257 g/mol. The molecule has 2 atom stereocenters. The number of thiazole rings is 1. The summed E-state index contributed by atoms with van der Waals surface area (Å²) < 4.78 is 5.21. The Morgan fingerprint density at radius 1 is 1.53 bits per heavy atom. The standard InChI is InChI=1S/C12H23N3OS/c1-6-15(9(2)8-16-5)12-14-7-11(17-12)10(3)13-4/h7,9-10,13H,6,8H2,1-5H3. The van der Waals surface area contributed by atoms with Crippen LogP contribution in [0.1, 0.15) is 31.7 Å². The third-order valence-corrected chi connectivity index (χ3v) is 4.11. The van der Waals surface area contributed by atoms with E-state index < -0.39 is 0 Å². The lowest BCUT2D eigenvalue weighted by molar-refractivity contribution is 0.182. The Morgan fingerprint density at radius 3 is 2.76 bits per heavy atom. The van der Waals surface area contributed by atoms with Gasteiger partial charge in [-0.1, -0.05) is 0 Å². The number of rotatable bonds is 7. The fourth-order valence-electron chi connectivity index (χ4n) is 1.72. The molecule has 98 valence electrons. The molecule has 0 radical (unpaired) electrons. The van der Waals surface area contributed by atoms with E-state index in [4.69, 9.17) is 4.74 Å². The van der Waals surface area contributed by atoms with Gasteiger partial charge in [0, 0.05) is 30.8 Å². The van der Waals surface area contributed by atoms with E-state index in [-0.39, 0.29) is 0 Å². The fourth-order valence-corrected chi connectivity index (χ4v) is 2.86. The first-order chi connectivity index (χ1) is 8.13. The van der Waals surface area contributed by atoms with Gasteiger partial charge in [0.1, 0.15) is 0 Å². The van der Waals surface area contributed by atoms with Crippen LogP contribution in [0.5, 0.6) is 0 Å². The van der Waals surface area contributed by atoms with Crippen molar-refractivity contribution in [1.82, 2.24) is 10.3 Å². The Labute approximate surface area is 108 Å². The highest BCUT2D eigenvalue weighted by Crippen LogP contribution is 2.28. The van der Waals surface area contributed by atoms with Crippen LogP contribution in [0.2, 0.25) is 0 Å². The summed E-state index contributed by atoms with van der Waals surface area (Å²) in [6, 6.07) is 0.714. The van der Waals surface area contributed by atoms with Crippen molar-refractivity contribution in [3.05, 3.63) is 11.1 Å². The lowest BCUT2D eigenvalue weighted by atomic mass is 10.3. The highest BCUT2D eigenvalue weighted by molar-refractivity contribution is 7.15. The molecule has 0 aliphatic carbocycles. The highest BCUT2D eigenvalue weighted by Gasteiger charge is 2.17. The second kappa shape index (κ2) is 6.93. The molecule has 1 N–H and O–H groups in total. The van der Waals surface area contributed by atoms with Crippen LogP contribution in [0.4, 0.5) is 5.13 Å². The van der Waals surface area contributed by atoms with Gasteiger partial charge in [-0.05, 0) is 27.8 Å². The van der Waals surface area contributed by atoms with Crippen molar-refractivity contribution >= 4 is 16.5 Å². The van der Waals surface area contributed by atoms with E-state index in [1.165, 1.54) is 4.88 Å². The molecule has 0 saturated carbocycles. The fraction of sp³-hybridized carbons (Fsp3) is 0.750. The maximum Gasteiger partial charge on any atom is 0.185 e. The lowest BCUT2D eigenvalue weighted by Crippen LogP contribution is -2.35. The predicted molar refractivity (Wildman–Crippen MR) is 73.9 cm³/mol. The van der Waals surface area contributed by atoms with E-state index in [0.29, 0.717) is 12.1 Å². The maximum atomic E-state index is 5.21. The number of nitrogens with zero attached hydrogens (tertiary/aromatic N) is 2. The zero-order valence-electron chi connectivity index (χ0n) is 11.4. The van der Waals surface area contributed by atoms with Gasteiger partial charge in [-0.2, -0.15) is 0 Å². The first-order valence-corrected chi connectivity index (χ1v) is 6.84. The van der Waals surface area contributed by atoms with Gasteiger partial charge < -0.3 is 15.0 Å². The van der Waals surface area contributed by atoms with Crippen LogP contribution in [0.3, 0.4) is 0 Å². The predicted octanol–water partition coefficient (Wildman–Crippen LogP) is 2.28. The first kappa shape index (κ1) is 14.4. The molecule has 0 aromatic carbocycles. The zero-order chi connectivity index (χ0) is 12.8. The van der Waals surface area contributed by atoms with E-state index in [0.717, 1.165) is 18.3 Å². The Balaban J connectivity index is 2.78. The van der Waals surface area contributed by atoms with Gasteiger partial charge in [-0.15, -0.1) is 11.3 Å². The summed E-state index contributed by atoms with van der Waals surface area (Å²) in [6.45, 7) is 8.13. The lowest BCUT2D eigenvalue weighted by Gasteiger charge is -2.26. The summed E-state index contributed by atoms with van der Waals surface area (Å²) >= 11 is 1.75. The molecule has 1 aromatic rings. The summed E-state index contributed by atoms with van der Waals surface area (Å²) in [5, 5.41) is 4.31. The van der Waals surface area contributed by atoms with E-state index in [9.17, 15) is 0 Å². The van der Waals surface area contributed by atoms with E-state index >= 15 is 0 Å². The summed E-state index contributed by atoms with van der Waals surface area (Å²) in [4.78, 5) is 8.06. The molecule has 4 nitrogen and oxygen atoms in total. The number of methoxy groups -OCH3 is 1. The average molecular weight is 257 g/mol. The molecule has 0 amide bonds. The second-order valence-corrected chi connectivity index (χ2v) is 5.19. The molecular formula is C12H23N3OS. The second-order valence-electron chi connectivity index (χ2n) is 4.15. The molecule has 0 bridgehead atoms. The summed E-state index contributed by atoms with van der Waals surface area (Å²) in [7, 11) is 3.70. The molecule has 1 rings (SSSR count). The van der Waals surface area contributed by atoms with Crippen LogP contribution in [-0.4, -0.2) is 38.3 Å². The van der Waals surface area contributed by atoms with Gasteiger partial charge >= 0.3 is 0 Å². The van der Waals surface area contributed by atoms with Gasteiger partial charge in [-0.25, -0.2) is 4.98 Å². The normalized spacial score (nSPS) is 14.6. The van der Waals surface area contributed by atoms with Crippen molar-refractivity contribution in [2.24, 2.45) is 0 Å². The molecular weight excluding hydrogens is 234 g/mol. The average Bonchev–Trinajstić information content (AvgIpc) is 2.79. The number of hydrogen-bond acceptors (Lipinski definition) is 5. The molecule has 0 saturated heterocycles. The number of ether oxygens (including phenoxy) is 1. The molecule has 0 spiro atoms. The van der Waals surface area contributed by atoms with Crippen LogP contribution < -0.4 is 10.2 Å². The van der Waals surface area contributed by atoms with Crippen molar-refractivity contribution in [2.45, 2.75) is 32.9 Å². The molecule has 1 heterocycles. The molecule has 2 unspecified atom stereocenters. The molecule has 0 aliphatic rings. The van der Waals surface area contributed by atoms with Crippen LogP contribution in [0.25, 0.3) is 0 Å². The minimum Gasteiger partial charge on any atom is -0.383 e.